The lowest BCUT2D eigenvalue weighted by atomic mass is 10.1. The molecule has 1 rings (SSSR count). The maximum Gasteiger partial charge on any atom is 0.166 e. The van der Waals surface area contributed by atoms with Gasteiger partial charge in [-0.3, -0.25) is 0 Å². The Balaban J connectivity index is 2.69. The summed E-state index contributed by atoms with van der Waals surface area (Å²) in [6.07, 6.45) is 0. The molecule has 0 bridgehead atoms. The van der Waals surface area contributed by atoms with E-state index in [0.29, 0.717) is 5.11 Å². The highest BCUT2D eigenvalue weighted by atomic mass is 35.5. The minimum absolute atomic E-state index is 0.161. The molecule has 0 radical (unpaired) electrons. The van der Waals surface area contributed by atoms with E-state index in [1.165, 1.54) is 0 Å². The molecular weight excluding hydrogens is 216 g/mol. The molecule has 0 fully saturated rings. The minimum atomic E-state index is 0.161. The van der Waals surface area contributed by atoms with Crippen LogP contribution in [0.4, 0.5) is 0 Å². The first-order valence-electron chi connectivity index (χ1n) is 4.37. The second-order valence-corrected chi connectivity index (χ2v) is 3.84. The van der Waals surface area contributed by atoms with Crippen LogP contribution in [0.3, 0.4) is 0 Å². The molecule has 1 atom stereocenters. The molecule has 1 aromatic carbocycles. The second kappa shape index (κ2) is 5.17. The second-order valence-electron chi connectivity index (χ2n) is 3.00. The van der Waals surface area contributed by atoms with Crippen LogP contribution in [0.25, 0.3) is 0 Å². The molecule has 76 valence electrons. The number of hydrogen-bond acceptors (Lipinski definition) is 1. The van der Waals surface area contributed by atoms with Gasteiger partial charge in [0.05, 0.1) is 6.04 Å². The van der Waals surface area contributed by atoms with Crippen molar-refractivity contribution in [2.75, 3.05) is 7.05 Å². The summed E-state index contributed by atoms with van der Waals surface area (Å²) in [6, 6.07) is 7.89. The van der Waals surface area contributed by atoms with Crippen LogP contribution in [0.15, 0.2) is 24.3 Å². The van der Waals surface area contributed by atoms with Crippen molar-refractivity contribution >= 4 is 28.9 Å². The van der Waals surface area contributed by atoms with Crippen LogP contribution in [0.2, 0.25) is 5.02 Å². The van der Waals surface area contributed by atoms with Crippen LogP contribution >= 0.6 is 23.8 Å². The van der Waals surface area contributed by atoms with E-state index in [-0.39, 0.29) is 6.04 Å². The van der Waals surface area contributed by atoms with E-state index in [1.807, 2.05) is 31.2 Å². The average Bonchev–Trinajstić information content (AvgIpc) is 2.17. The van der Waals surface area contributed by atoms with E-state index in [4.69, 9.17) is 23.8 Å². The predicted octanol–water partition coefficient (Wildman–Crippen LogP) is 2.49. The smallest absolute Gasteiger partial charge is 0.166 e. The number of rotatable bonds is 2. The Morgan fingerprint density at radius 1 is 1.50 bits per heavy atom. The maximum atomic E-state index is 5.88. The Bertz CT molecular complexity index is 328. The molecule has 0 saturated carbocycles. The molecule has 1 aromatic rings. The number of hydrogen-bond donors (Lipinski definition) is 2. The third-order valence-electron chi connectivity index (χ3n) is 1.92. The molecule has 0 unspecified atom stereocenters. The van der Waals surface area contributed by atoms with Crippen LogP contribution in [-0.2, 0) is 0 Å². The van der Waals surface area contributed by atoms with Crippen molar-refractivity contribution in [1.29, 1.82) is 0 Å². The molecule has 0 aromatic heterocycles. The van der Waals surface area contributed by atoms with Gasteiger partial charge in [-0.2, -0.15) is 0 Å². The minimum Gasteiger partial charge on any atom is -0.366 e. The molecule has 4 heteroatoms. The van der Waals surface area contributed by atoms with Crippen molar-refractivity contribution in [3.63, 3.8) is 0 Å². The highest BCUT2D eigenvalue weighted by Gasteiger charge is 2.05. The summed E-state index contributed by atoms with van der Waals surface area (Å²) in [6.45, 7) is 2.04. The lowest BCUT2D eigenvalue weighted by Crippen LogP contribution is -2.34. The topological polar surface area (TPSA) is 24.1 Å². The summed E-state index contributed by atoms with van der Waals surface area (Å²) in [5.41, 5.74) is 1.12. The number of benzene rings is 1. The molecule has 0 amide bonds. The fourth-order valence-corrected chi connectivity index (χ4v) is 1.50. The first-order valence-corrected chi connectivity index (χ1v) is 5.16. The molecule has 0 aliphatic carbocycles. The van der Waals surface area contributed by atoms with Gasteiger partial charge in [-0.1, -0.05) is 23.7 Å². The lowest BCUT2D eigenvalue weighted by molar-refractivity contribution is 0.709. The zero-order valence-electron chi connectivity index (χ0n) is 8.17. The van der Waals surface area contributed by atoms with E-state index < -0.39 is 0 Å². The van der Waals surface area contributed by atoms with Gasteiger partial charge in [-0.15, -0.1) is 0 Å². The van der Waals surface area contributed by atoms with Crippen molar-refractivity contribution in [3.05, 3.63) is 34.9 Å². The summed E-state index contributed by atoms with van der Waals surface area (Å²) in [4.78, 5) is 0. The zero-order valence-corrected chi connectivity index (χ0v) is 9.75. The van der Waals surface area contributed by atoms with Gasteiger partial charge in [0, 0.05) is 12.1 Å². The van der Waals surface area contributed by atoms with Crippen molar-refractivity contribution < 1.29 is 0 Å². The summed E-state index contributed by atoms with van der Waals surface area (Å²) < 4.78 is 0. The number of nitrogens with one attached hydrogen (secondary N) is 2. The molecule has 0 aliphatic heterocycles. The molecule has 0 heterocycles. The Labute approximate surface area is 94.7 Å². The van der Waals surface area contributed by atoms with Gasteiger partial charge in [0.25, 0.3) is 0 Å². The van der Waals surface area contributed by atoms with E-state index in [9.17, 15) is 0 Å². The Kier molecular flexibility index (Phi) is 4.17. The fraction of sp³-hybridized carbons (Fsp3) is 0.300. The van der Waals surface area contributed by atoms with Crippen LogP contribution in [0.1, 0.15) is 18.5 Å². The Morgan fingerprint density at radius 3 is 2.79 bits per heavy atom. The van der Waals surface area contributed by atoms with Crippen molar-refractivity contribution in [1.82, 2.24) is 10.6 Å². The largest absolute Gasteiger partial charge is 0.366 e. The van der Waals surface area contributed by atoms with Crippen LogP contribution < -0.4 is 10.6 Å². The van der Waals surface area contributed by atoms with Crippen molar-refractivity contribution in [2.45, 2.75) is 13.0 Å². The van der Waals surface area contributed by atoms with Gasteiger partial charge in [-0.25, -0.2) is 0 Å². The quantitative estimate of drug-likeness (QED) is 0.761. The molecule has 2 N–H and O–H groups in total. The standard InChI is InChI=1S/C10H13ClN2S/c1-7(13-10(14)12-2)8-4-3-5-9(11)6-8/h3-7H,1-2H3,(H2,12,13,14)/t7-/m0/s1. The summed E-state index contributed by atoms with van der Waals surface area (Å²) >= 11 is 10.9. The highest BCUT2D eigenvalue weighted by Crippen LogP contribution is 2.16. The molecular formula is C10H13ClN2S. The van der Waals surface area contributed by atoms with Gasteiger partial charge in [0.2, 0.25) is 0 Å². The zero-order chi connectivity index (χ0) is 10.6. The van der Waals surface area contributed by atoms with E-state index in [2.05, 4.69) is 10.6 Å². The molecule has 0 aliphatic rings. The van der Waals surface area contributed by atoms with Crippen molar-refractivity contribution in [2.24, 2.45) is 0 Å². The van der Waals surface area contributed by atoms with E-state index in [0.717, 1.165) is 10.6 Å². The molecule has 0 spiro atoms. The predicted molar refractivity (Wildman–Crippen MR) is 64.7 cm³/mol. The molecule has 0 saturated heterocycles. The van der Waals surface area contributed by atoms with Crippen LogP contribution in [0, 0.1) is 0 Å². The van der Waals surface area contributed by atoms with Gasteiger partial charge in [-0.05, 0) is 36.8 Å². The normalized spacial score (nSPS) is 11.9. The first kappa shape index (κ1) is 11.3. The third-order valence-corrected chi connectivity index (χ3v) is 2.48. The number of halogens is 1. The first-order chi connectivity index (χ1) is 6.63. The summed E-state index contributed by atoms with van der Waals surface area (Å²) in [5.74, 6) is 0. The van der Waals surface area contributed by atoms with Gasteiger partial charge < -0.3 is 10.6 Å². The van der Waals surface area contributed by atoms with Crippen LogP contribution in [-0.4, -0.2) is 12.2 Å². The van der Waals surface area contributed by atoms with Gasteiger partial charge >= 0.3 is 0 Å². The van der Waals surface area contributed by atoms with Crippen molar-refractivity contribution in [3.8, 4) is 0 Å². The van der Waals surface area contributed by atoms with E-state index >= 15 is 0 Å². The lowest BCUT2D eigenvalue weighted by Gasteiger charge is -2.15. The van der Waals surface area contributed by atoms with Crippen LogP contribution in [0.5, 0.6) is 0 Å². The van der Waals surface area contributed by atoms with Gasteiger partial charge in [0.15, 0.2) is 5.11 Å². The highest BCUT2D eigenvalue weighted by molar-refractivity contribution is 7.80. The fourth-order valence-electron chi connectivity index (χ4n) is 1.13. The van der Waals surface area contributed by atoms with Gasteiger partial charge in [0.1, 0.15) is 0 Å². The third kappa shape index (κ3) is 3.16. The summed E-state index contributed by atoms with van der Waals surface area (Å²) in [7, 11) is 1.79. The Morgan fingerprint density at radius 2 is 2.21 bits per heavy atom. The number of thiocarbonyl (C=S) groups is 1. The van der Waals surface area contributed by atoms with E-state index in [1.54, 1.807) is 7.05 Å². The molecule has 14 heavy (non-hydrogen) atoms. The molecule has 2 nitrogen and oxygen atoms in total. The Hall–Kier alpha value is -0.800. The maximum absolute atomic E-state index is 5.88. The summed E-state index contributed by atoms with van der Waals surface area (Å²) in [5, 5.41) is 7.38. The monoisotopic (exact) mass is 228 g/mol. The average molecular weight is 229 g/mol. The SMILES string of the molecule is CNC(=S)N[C@@H](C)c1cccc(Cl)c1.